The zero-order valence-electron chi connectivity index (χ0n) is 12.9. The first-order chi connectivity index (χ1) is 10.9. The smallest absolute Gasteiger partial charge is 0.0415 e. The zero-order chi connectivity index (χ0) is 14.8. The van der Waals surface area contributed by atoms with Gasteiger partial charge in [-0.15, -0.1) is 0 Å². The summed E-state index contributed by atoms with van der Waals surface area (Å²) in [7, 11) is 0. The van der Waals surface area contributed by atoms with E-state index in [-0.39, 0.29) is 0 Å². The van der Waals surface area contributed by atoms with Crippen LogP contribution in [0.2, 0.25) is 0 Å². The Balaban J connectivity index is 1.63. The summed E-state index contributed by atoms with van der Waals surface area (Å²) in [5.74, 6) is 0. The van der Waals surface area contributed by atoms with E-state index < -0.39 is 0 Å². The molecule has 2 aromatic rings. The molecule has 2 heterocycles. The van der Waals surface area contributed by atoms with Crippen LogP contribution in [0.1, 0.15) is 22.7 Å². The number of hydrogen-bond acceptors (Lipinski definition) is 3. The summed E-state index contributed by atoms with van der Waals surface area (Å²) in [5.41, 5.74) is 5.78. The second-order valence-corrected chi connectivity index (χ2v) is 6.20. The standard InChI is InChI=1S/C19H23N3/c1-2-6-16-14-21-18(13-15(16)5-1)17-7-3-4-8-19(17)22-11-9-20-10-12-22/h1-8,18,20-21H,9-14H2. The number of rotatable bonds is 2. The highest BCUT2D eigenvalue weighted by atomic mass is 15.2. The molecule has 0 saturated carbocycles. The molecule has 1 unspecified atom stereocenters. The van der Waals surface area contributed by atoms with Crippen LogP contribution >= 0.6 is 0 Å². The average Bonchev–Trinajstić information content (AvgIpc) is 2.62. The normalized spacial score (nSPS) is 21.5. The molecule has 0 aliphatic carbocycles. The molecular weight excluding hydrogens is 270 g/mol. The largest absolute Gasteiger partial charge is 0.369 e. The number of para-hydroxylation sites is 1. The minimum atomic E-state index is 0.418. The summed E-state index contributed by atoms with van der Waals surface area (Å²) in [6, 6.07) is 18.1. The van der Waals surface area contributed by atoms with Gasteiger partial charge in [-0.3, -0.25) is 0 Å². The quantitative estimate of drug-likeness (QED) is 0.891. The number of fused-ring (bicyclic) bond motifs is 1. The molecule has 114 valence electrons. The first-order valence-corrected chi connectivity index (χ1v) is 8.26. The Bertz CT molecular complexity index is 647. The van der Waals surface area contributed by atoms with E-state index >= 15 is 0 Å². The van der Waals surface area contributed by atoms with E-state index in [9.17, 15) is 0 Å². The van der Waals surface area contributed by atoms with Crippen LogP contribution < -0.4 is 15.5 Å². The molecule has 0 aromatic heterocycles. The van der Waals surface area contributed by atoms with Gasteiger partial charge in [0.1, 0.15) is 0 Å². The van der Waals surface area contributed by atoms with Crippen LogP contribution in [-0.2, 0) is 13.0 Å². The number of piperazine rings is 1. The van der Waals surface area contributed by atoms with Gasteiger partial charge in [-0.1, -0.05) is 42.5 Å². The zero-order valence-corrected chi connectivity index (χ0v) is 12.9. The van der Waals surface area contributed by atoms with Crippen molar-refractivity contribution in [3.8, 4) is 0 Å². The Morgan fingerprint density at radius 3 is 2.45 bits per heavy atom. The van der Waals surface area contributed by atoms with Gasteiger partial charge in [0.05, 0.1) is 0 Å². The van der Waals surface area contributed by atoms with Crippen molar-refractivity contribution in [1.82, 2.24) is 10.6 Å². The molecule has 3 nitrogen and oxygen atoms in total. The highest BCUT2D eigenvalue weighted by Gasteiger charge is 2.23. The van der Waals surface area contributed by atoms with E-state index in [1.54, 1.807) is 0 Å². The predicted octanol–water partition coefficient (Wildman–Crippen LogP) is 2.48. The Kier molecular flexibility index (Phi) is 3.83. The van der Waals surface area contributed by atoms with E-state index in [0.29, 0.717) is 6.04 Å². The third kappa shape index (κ3) is 2.62. The molecule has 22 heavy (non-hydrogen) atoms. The second-order valence-electron chi connectivity index (χ2n) is 6.20. The lowest BCUT2D eigenvalue weighted by molar-refractivity contribution is 0.496. The number of hydrogen-bond donors (Lipinski definition) is 2. The van der Waals surface area contributed by atoms with Crippen molar-refractivity contribution in [1.29, 1.82) is 0 Å². The number of nitrogens with zero attached hydrogens (tertiary/aromatic N) is 1. The van der Waals surface area contributed by atoms with Crippen LogP contribution in [-0.4, -0.2) is 26.2 Å². The first-order valence-electron chi connectivity index (χ1n) is 8.26. The topological polar surface area (TPSA) is 27.3 Å². The molecule has 0 spiro atoms. The van der Waals surface area contributed by atoms with Gasteiger partial charge in [0.25, 0.3) is 0 Å². The minimum Gasteiger partial charge on any atom is -0.369 e. The molecular formula is C19H23N3. The fourth-order valence-corrected chi connectivity index (χ4v) is 3.65. The molecule has 0 radical (unpaired) electrons. The Morgan fingerprint density at radius 1 is 0.864 bits per heavy atom. The van der Waals surface area contributed by atoms with Crippen molar-refractivity contribution >= 4 is 5.69 Å². The van der Waals surface area contributed by atoms with Gasteiger partial charge in [-0.2, -0.15) is 0 Å². The highest BCUT2D eigenvalue weighted by molar-refractivity contribution is 5.56. The Labute approximate surface area is 132 Å². The number of nitrogens with one attached hydrogen (secondary N) is 2. The van der Waals surface area contributed by atoms with Crippen LogP contribution in [0.25, 0.3) is 0 Å². The van der Waals surface area contributed by atoms with Crippen LogP contribution in [0, 0.1) is 0 Å². The molecule has 1 saturated heterocycles. The third-order valence-corrected chi connectivity index (χ3v) is 4.85. The summed E-state index contributed by atoms with van der Waals surface area (Å²) in [6.45, 7) is 5.32. The fourth-order valence-electron chi connectivity index (χ4n) is 3.65. The summed E-state index contributed by atoms with van der Waals surface area (Å²) in [4.78, 5) is 2.52. The molecule has 3 heteroatoms. The maximum Gasteiger partial charge on any atom is 0.0415 e. The summed E-state index contributed by atoms with van der Waals surface area (Å²) < 4.78 is 0. The Hall–Kier alpha value is -1.84. The van der Waals surface area contributed by atoms with Crippen molar-refractivity contribution in [2.45, 2.75) is 19.0 Å². The number of anilines is 1. The number of benzene rings is 2. The molecule has 2 aliphatic rings. The summed E-state index contributed by atoms with van der Waals surface area (Å²) in [5, 5.41) is 7.17. The van der Waals surface area contributed by atoms with Crippen LogP contribution in [0.4, 0.5) is 5.69 Å². The fraction of sp³-hybridized carbons (Fsp3) is 0.368. The van der Waals surface area contributed by atoms with Crippen molar-refractivity contribution in [3.05, 3.63) is 65.2 Å². The van der Waals surface area contributed by atoms with E-state index in [1.807, 2.05) is 0 Å². The monoisotopic (exact) mass is 293 g/mol. The summed E-state index contributed by atoms with van der Waals surface area (Å²) >= 11 is 0. The van der Waals surface area contributed by atoms with E-state index in [4.69, 9.17) is 0 Å². The lowest BCUT2D eigenvalue weighted by atomic mass is 9.90. The van der Waals surface area contributed by atoms with Crippen molar-refractivity contribution in [3.63, 3.8) is 0 Å². The maximum absolute atomic E-state index is 3.73. The molecule has 0 bridgehead atoms. The lowest BCUT2D eigenvalue weighted by Crippen LogP contribution is -2.44. The molecule has 4 rings (SSSR count). The highest BCUT2D eigenvalue weighted by Crippen LogP contribution is 2.32. The Morgan fingerprint density at radius 2 is 1.59 bits per heavy atom. The molecule has 1 fully saturated rings. The third-order valence-electron chi connectivity index (χ3n) is 4.85. The lowest BCUT2D eigenvalue weighted by Gasteiger charge is -2.34. The molecule has 2 aromatic carbocycles. The molecule has 2 aliphatic heterocycles. The SMILES string of the molecule is c1ccc2c(c1)CNC(c1ccccc1N1CCNCC1)C2. The van der Waals surface area contributed by atoms with E-state index in [0.717, 1.165) is 39.1 Å². The van der Waals surface area contributed by atoms with Gasteiger partial charge < -0.3 is 15.5 Å². The predicted molar refractivity (Wildman–Crippen MR) is 91.3 cm³/mol. The van der Waals surface area contributed by atoms with Crippen molar-refractivity contribution < 1.29 is 0 Å². The van der Waals surface area contributed by atoms with Crippen molar-refractivity contribution in [2.75, 3.05) is 31.1 Å². The van der Waals surface area contributed by atoms with Gasteiger partial charge >= 0.3 is 0 Å². The van der Waals surface area contributed by atoms with Gasteiger partial charge in [0, 0.05) is 44.5 Å². The minimum absolute atomic E-state index is 0.418. The van der Waals surface area contributed by atoms with Gasteiger partial charge in [0.2, 0.25) is 0 Å². The molecule has 0 amide bonds. The van der Waals surface area contributed by atoms with E-state index in [1.165, 1.54) is 22.4 Å². The van der Waals surface area contributed by atoms with Gasteiger partial charge in [-0.25, -0.2) is 0 Å². The van der Waals surface area contributed by atoms with Crippen molar-refractivity contribution in [2.24, 2.45) is 0 Å². The van der Waals surface area contributed by atoms with Crippen LogP contribution in [0.3, 0.4) is 0 Å². The van der Waals surface area contributed by atoms with Crippen LogP contribution in [0.15, 0.2) is 48.5 Å². The maximum atomic E-state index is 3.73. The second kappa shape index (κ2) is 6.11. The van der Waals surface area contributed by atoms with E-state index in [2.05, 4.69) is 64.1 Å². The first kappa shape index (κ1) is 13.8. The molecule has 1 atom stereocenters. The average molecular weight is 293 g/mol. The summed E-state index contributed by atoms with van der Waals surface area (Å²) in [6.07, 6.45) is 1.08. The van der Waals surface area contributed by atoms with Gasteiger partial charge in [0.15, 0.2) is 0 Å². The van der Waals surface area contributed by atoms with Crippen LogP contribution in [0.5, 0.6) is 0 Å². The molecule has 2 N–H and O–H groups in total. The van der Waals surface area contributed by atoms with Gasteiger partial charge in [-0.05, 0) is 29.2 Å².